The van der Waals surface area contributed by atoms with Crippen molar-refractivity contribution in [1.29, 1.82) is 0 Å². The summed E-state index contributed by atoms with van der Waals surface area (Å²) in [5, 5.41) is 0. The first-order chi connectivity index (χ1) is 11.8. The molecule has 1 aliphatic rings. The molecule has 25 heavy (non-hydrogen) atoms. The van der Waals surface area contributed by atoms with Gasteiger partial charge in [-0.15, -0.1) is 0 Å². The Morgan fingerprint density at radius 3 is 2.80 bits per heavy atom. The van der Waals surface area contributed by atoms with Crippen molar-refractivity contribution in [2.45, 2.75) is 5.75 Å². The second kappa shape index (κ2) is 6.72. The molecule has 2 aromatic carbocycles. The normalized spacial score (nSPS) is 14.5. The molecule has 1 aliphatic heterocycles. The molecule has 0 saturated carbocycles. The number of anilines is 1. The molecule has 1 N–H and O–H groups in total. The molecule has 1 heterocycles. The molecule has 2 aromatic rings. The SMILES string of the molecule is CN1CCOc2ccc(NS(=O)(=O)Cc3cccc(F)c3)cc2C1=O. The van der Waals surface area contributed by atoms with Gasteiger partial charge in [-0.2, -0.15) is 0 Å². The lowest BCUT2D eigenvalue weighted by Crippen LogP contribution is -2.27. The molecule has 3 rings (SSSR count). The van der Waals surface area contributed by atoms with Crippen molar-refractivity contribution < 1.29 is 22.3 Å². The number of nitrogens with one attached hydrogen (secondary N) is 1. The average molecular weight is 364 g/mol. The van der Waals surface area contributed by atoms with Crippen LogP contribution >= 0.6 is 0 Å². The van der Waals surface area contributed by atoms with Gasteiger partial charge in [0.1, 0.15) is 18.2 Å². The molecule has 6 nitrogen and oxygen atoms in total. The molecule has 0 atom stereocenters. The topological polar surface area (TPSA) is 75.7 Å². The van der Waals surface area contributed by atoms with Crippen molar-refractivity contribution in [3.63, 3.8) is 0 Å². The van der Waals surface area contributed by atoms with Crippen molar-refractivity contribution >= 4 is 21.6 Å². The maximum absolute atomic E-state index is 13.2. The van der Waals surface area contributed by atoms with Crippen LogP contribution in [0.4, 0.5) is 10.1 Å². The second-order valence-electron chi connectivity index (χ2n) is 5.78. The minimum absolute atomic E-state index is 0.237. The van der Waals surface area contributed by atoms with Crippen LogP contribution in [0, 0.1) is 5.82 Å². The van der Waals surface area contributed by atoms with Gasteiger partial charge in [0.2, 0.25) is 10.0 Å². The molecule has 0 aromatic heterocycles. The lowest BCUT2D eigenvalue weighted by molar-refractivity contribution is 0.0796. The fourth-order valence-corrected chi connectivity index (χ4v) is 3.72. The number of likely N-dealkylation sites (N-methyl/N-ethyl adjacent to an activating group) is 1. The molecule has 0 radical (unpaired) electrons. The fraction of sp³-hybridized carbons (Fsp3) is 0.235. The van der Waals surface area contributed by atoms with Crippen LogP contribution in [-0.4, -0.2) is 39.4 Å². The Bertz CT molecular complexity index is 915. The van der Waals surface area contributed by atoms with Crippen LogP contribution in [0.1, 0.15) is 15.9 Å². The summed E-state index contributed by atoms with van der Waals surface area (Å²) < 4.78 is 45.7. The van der Waals surface area contributed by atoms with E-state index in [1.165, 1.54) is 41.3 Å². The van der Waals surface area contributed by atoms with E-state index in [2.05, 4.69) is 4.72 Å². The summed E-state index contributed by atoms with van der Waals surface area (Å²) >= 11 is 0. The maximum atomic E-state index is 13.2. The zero-order valence-corrected chi connectivity index (χ0v) is 14.3. The second-order valence-corrected chi connectivity index (χ2v) is 7.50. The number of carbonyl (C=O) groups is 1. The van der Waals surface area contributed by atoms with Gasteiger partial charge in [0, 0.05) is 12.7 Å². The van der Waals surface area contributed by atoms with Crippen LogP contribution < -0.4 is 9.46 Å². The number of carbonyl (C=O) groups excluding carboxylic acids is 1. The molecule has 8 heteroatoms. The number of rotatable bonds is 4. The summed E-state index contributed by atoms with van der Waals surface area (Å²) in [7, 11) is -2.10. The van der Waals surface area contributed by atoms with Crippen molar-refractivity contribution in [3.05, 3.63) is 59.4 Å². The number of sulfonamides is 1. The Hall–Kier alpha value is -2.61. The van der Waals surface area contributed by atoms with Gasteiger partial charge in [-0.3, -0.25) is 9.52 Å². The molecule has 132 valence electrons. The van der Waals surface area contributed by atoms with Crippen LogP contribution in [0.15, 0.2) is 42.5 Å². The van der Waals surface area contributed by atoms with Crippen molar-refractivity contribution in [2.75, 3.05) is 24.9 Å². The Morgan fingerprint density at radius 1 is 1.24 bits per heavy atom. The van der Waals surface area contributed by atoms with Crippen molar-refractivity contribution in [3.8, 4) is 5.75 Å². The van der Waals surface area contributed by atoms with Gasteiger partial charge >= 0.3 is 0 Å². The molecule has 0 bridgehead atoms. The highest BCUT2D eigenvalue weighted by Gasteiger charge is 2.22. The zero-order valence-electron chi connectivity index (χ0n) is 13.5. The number of nitrogens with zero attached hydrogens (tertiary/aromatic N) is 1. The first kappa shape index (κ1) is 17.2. The Morgan fingerprint density at radius 2 is 2.04 bits per heavy atom. The Labute approximate surface area is 145 Å². The van der Waals surface area contributed by atoms with E-state index in [0.29, 0.717) is 30.0 Å². The molecule has 0 unspecified atom stereocenters. The standard InChI is InChI=1S/C17H17FN2O4S/c1-20-7-8-24-16-6-5-14(10-15(16)17(20)21)19-25(22,23)11-12-3-2-4-13(18)9-12/h2-6,9-10,19H,7-8,11H2,1H3. The highest BCUT2D eigenvalue weighted by atomic mass is 32.2. The van der Waals surface area contributed by atoms with Gasteiger partial charge in [-0.25, -0.2) is 12.8 Å². The fourth-order valence-electron chi connectivity index (χ4n) is 2.55. The highest BCUT2D eigenvalue weighted by Crippen LogP contribution is 2.27. The monoisotopic (exact) mass is 364 g/mol. The number of hydrogen-bond acceptors (Lipinski definition) is 4. The Balaban J connectivity index is 1.83. The number of hydrogen-bond donors (Lipinski definition) is 1. The lowest BCUT2D eigenvalue weighted by Gasteiger charge is -2.13. The number of benzene rings is 2. The smallest absolute Gasteiger partial charge is 0.257 e. The molecule has 0 spiro atoms. The summed E-state index contributed by atoms with van der Waals surface area (Å²) in [6.45, 7) is 0.827. The predicted molar refractivity (Wildman–Crippen MR) is 91.5 cm³/mol. The highest BCUT2D eigenvalue weighted by molar-refractivity contribution is 7.91. The minimum Gasteiger partial charge on any atom is -0.491 e. The summed E-state index contributed by atoms with van der Waals surface area (Å²) in [5.41, 5.74) is 0.884. The quantitative estimate of drug-likeness (QED) is 0.903. The van der Waals surface area contributed by atoms with E-state index in [9.17, 15) is 17.6 Å². The summed E-state index contributed by atoms with van der Waals surface area (Å²) in [4.78, 5) is 13.8. The van der Waals surface area contributed by atoms with Gasteiger partial charge in [0.25, 0.3) is 5.91 Å². The van der Waals surface area contributed by atoms with E-state index in [1.807, 2.05) is 0 Å². The van der Waals surface area contributed by atoms with E-state index in [0.717, 1.165) is 0 Å². The van der Waals surface area contributed by atoms with Gasteiger partial charge in [0.15, 0.2) is 0 Å². The van der Waals surface area contributed by atoms with Gasteiger partial charge in [0.05, 0.1) is 17.9 Å². The first-order valence-electron chi connectivity index (χ1n) is 7.61. The molecule has 1 amide bonds. The van der Waals surface area contributed by atoms with Crippen molar-refractivity contribution in [1.82, 2.24) is 4.90 Å². The van der Waals surface area contributed by atoms with E-state index < -0.39 is 15.8 Å². The minimum atomic E-state index is -3.75. The third kappa shape index (κ3) is 4.08. The molecule has 0 saturated heterocycles. The number of halogens is 1. The van der Waals surface area contributed by atoms with E-state index in [-0.39, 0.29) is 17.3 Å². The van der Waals surface area contributed by atoms with Crippen LogP contribution in [0.2, 0.25) is 0 Å². The number of ether oxygens (including phenoxy) is 1. The van der Waals surface area contributed by atoms with E-state index in [1.54, 1.807) is 13.1 Å². The average Bonchev–Trinajstić information content (AvgIpc) is 2.67. The van der Waals surface area contributed by atoms with Gasteiger partial charge < -0.3 is 9.64 Å². The van der Waals surface area contributed by atoms with Crippen LogP contribution in [0.3, 0.4) is 0 Å². The third-order valence-electron chi connectivity index (χ3n) is 3.76. The summed E-state index contributed by atoms with van der Waals surface area (Å²) in [6, 6.07) is 9.94. The number of fused-ring (bicyclic) bond motifs is 1. The molecular weight excluding hydrogens is 347 g/mol. The lowest BCUT2D eigenvalue weighted by atomic mass is 10.1. The number of amides is 1. The third-order valence-corrected chi connectivity index (χ3v) is 5.02. The first-order valence-corrected chi connectivity index (χ1v) is 9.26. The van der Waals surface area contributed by atoms with Crippen LogP contribution in [0.5, 0.6) is 5.75 Å². The van der Waals surface area contributed by atoms with Crippen LogP contribution in [-0.2, 0) is 15.8 Å². The van der Waals surface area contributed by atoms with E-state index >= 15 is 0 Å². The van der Waals surface area contributed by atoms with Crippen LogP contribution in [0.25, 0.3) is 0 Å². The van der Waals surface area contributed by atoms with Gasteiger partial charge in [-0.1, -0.05) is 12.1 Å². The largest absolute Gasteiger partial charge is 0.491 e. The molecule has 0 fully saturated rings. The van der Waals surface area contributed by atoms with Gasteiger partial charge in [-0.05, 0) is 35.9 Å². The molecular formula is C17H17FN2O4S. The zero-order chi connectivity index (χ0) is 18.0. The summed E-state index contributed by atoms with van der Waals surface area (Å²) in [5.74, 6) is -0.684. The van der Waals surface area contributed by atoms with E-state index in [4.69, 9.17) is 4.74 Å². The van der Waals surface area contributed by atoms with Crippen molar-refractivity contribution in [2.24, 2.45) is 0 Å². The Kier molecular flexibility index (Phi) is 4.63. The molecule has 0 aliphatic carbocycles. The maximum Gasteiger partial charge on any atom is 0.257 e. The predicted octanol–water partition coefficient (Wildman–Crippen LogP) is 2.23. The summed E-state index contributed by atoms with van der Waals surface area (Å²) in [6.07, 6.45) is 0.